The molecule has 1 aliphatic rings. The third-order valence-electron chi connectivity index (χ3n) is 2.23. The topological polar surface area (TPSA) is 26.0 Å². The summed E-state index contributed by atoms with van der Waals surface area (Å²) in [6, 6.07) is 0. The molecule has 0 radical (unpaired) electrons. The Kier molecular flexibility index (Phi) is 1.99. The van der Waals surface area contributed by atoms with Gasteiger partial charge in [-0.2, -0.15) is 0 Å². The molecule has 2 N–H and O–H groups in total. The highest BCUT2D eigenvalue weighted by Gasteiger charge is 2.54. The van der Waals surface area contributed by atoms with Gasteiger partial charge in [0.1, 0.15) is 0 Å². The van der Waals surface area contributed by atoms with Crippen LogP contribution in [0.25, 0.3) is 0 Å². The first-order chi connectivity index (χ1) is 2.96. The van der Waals surface area contributed by atoms with Gasteiger partial charge in [0.25, 0.3) is 0 Å². The Hall–Kier alpha value is 0.690. The van der Waals surface area contributed by atoms with Crippen molar-refractivity contribution in [1.82, 2.24) is 0 Å². The molecule has 2 heteroatoms. The molecule has 0 bridgehead atoms. The molecule has 1 saturated carbocycles. The molecular weight excluding hydrogens is 213 g/mol. The highest BCUT2D eigenvalue weighted by atomic mass is 127. The van der Waals surface area contributed by atoms with Crippen molar-refractivity contribution < 1.29 is 0 Å². The molecule has 50 valence electrons. The summed E-state index contributed by atoms with van der Waals surface area (Å²) in [5.74, 6) is 0. The molecule has 1 rings (SSSR count). The Morgan fingerprint density at radius 3 is 1.38 bits per heavy atom. The van der Waals surface area contributed by atoms with Gasteiger partial charge in [0, 0.05) is 5.54 Å². The van der Waals surface area contributed by atoms with Crippen molar-refractivity contribution in [1.29, 1.82) is 0 Å². The zero-order valence-corrected chi connectivity index (χ0v) is 8.02. The van der Waals surface area contributed by atoms with Crippen LogP contribution in [0, 0.1) is 5.41 Å². The molecule has 0 saturated heterocycles. The lowest BCUT2D eigenvalue weighted by Crippen LogP contribution is -2.22. The Morgan fingerprint density at radius 1 is 1.25 bits per heavy atom. The van der Waals surface area contributed by atoms with Gasteiger partial charge in [-0.3, -0.25) is 0 Å². The molecule has 0 amide bonds. The van der Waals surface area contributed by atoms with Gasteiger partial charge in [0.15, 0.2) is 0 Å². The number of rotatable bonds is 0. The first-order valence-corrected chi connectivity index (χ1v) is 2.75. The van der Waals surface area contributed by atoms with E-state index in [-0.39, 0.29) is 29.5 Å². The minimum absolute atomic E-state index is 0. The fraction of sp³-hybridized carbons (Fsp3) is 1.00. The van der Waals surface area contributed by atoms with E-state index in [0.29, 0.717) is 5.41 Å². The van der Waals surface area contributed by atoms with Crippen molar-refractivity contribution in [2.24, 2.45) is 11.1 Å². The summed E-state index contributed by atoms with van der Waals surface area (Å²) in [5, 5.41) is 0. The molecule has 0 aromatic heterocycles. The third kappa shape index (κ3) is 1.16. The molecule has 1 atom stereocenters. The molecule has 1 aliphatic carbocycles. The van der Waals surface area contributed by atoms with Crippen LogP contribution in [-0.4, -0.2) is 5.54 Å². The number of nitrogens with two attached hydrogens (primary N) is 1. The van der Waals surface area contributed by atoms with E-state index in [2.05, 4.69) is 20.8 Å². The Bertz CT molecular complexity index is 84.7. The van der Waals surface area contributed by atoms with Crippen molar-refractivity contribution in [3.8, 4) is 0 Å². The molecule has 0 aromatic carbocycles. The summed E-state index contributed by atoms with van der Waals surface area (Å²) in [4.78, 5) is 0. The summed E-state index contributed by atoms with van der Waals surface area (Å²) in [5.41, 5.74) is 6.31. The summed E-state index contributed by atoms with van der Waals surface area (Å²) < 4.78 is 0. The SMILES string of the molecule is CC1(C)CC1(C)N.I. The average molecular weight is 227 g/mol. The maximum absolute atomic E-state index is 5.74. The zero-order chi connectivity index (χ0) is 5.71. The van der Waals surface area contributed by atoms with Crippen LogP contribution in [0.15, 0.2) is 0 Å². The lowest BCUT2D eigenvalue weighted by atomic mass is 10.1. The Balaban J connectivity index is 0.000000490. The molecule has 1 nitrogen and oxygen atoms in total. The minimum Gasteiger partial charge on any atom is -0.325 e. The largest absolute Gasteiger partial charge is 0.325 e. The van der Waals surface area contributed by atoms with E-state index in [4.69, 9.17) is 5.73 Å². The van der Waals surface area contributed by atoms with E-state index in [9.17, 15) is 0 Å². The van der Waals surface area contributed by atoms with Gasteiger partial charge in [-0.05, 0) is 18.8 Å². The first kappa shape index (κ1) is 8.69. The fourth-order valence-corrected chi connectivity index (χ4v) is 0.874. The second-order valence-corrected chi connectivity index (χ2v) is 3.48. The van der Waals surface area contributed by atoms with Gasteiger partial charge in [-0.15, -0.1) is 24.0 Å². The molecule has 1 fully saturated rings. The normalized spacial score (nSPS) is 40.5. The van der Waals surface area contributed by atoms with Crippen LogP contribution in [0.3, 0.4) is 0 Å². The quantitative estimate of drug-likeness (QED) is 0.627. The molecule has 0 heterocycles. The van der Waals surface area contributed by atoms with Gasteiger partial charge < -0.3 is 5.73 Å². The van der Waals surface area contributed by atoms with Crippen LogP contribution < -0.4 is 5.73 Å². The Labute approximate surface area is 68.0 Å². The molecule has 8 heavy (non-hydrogen) atoms. The summed E-state index contributed by atoms with van der Waals surface area (Å²) in [6.07, 6.45) is 1.18. The Morgan fingerprint density at radius 2 is 1.38 bits per heavy atom. The first-order valence-electron chi connectivity index (χ1n) is 2.75. The molecular formula is C6H14IN. The number of hydrogen-bond donors (Lipinski definition) is 1. The fourth-order valence-electron chi connectivity index (χ4n) is 0.874. The van der Waals surface area contributed by atoms with Crippen molar-refractivity contribution in [2.75, 3.05) is 0 Å². The predicted molar refractivity (Wildman–Crippen MR) is 46.4 cm³/mol. The van der Waals surface area contributed by atoms with E-state index in [1.54, 1.807) is 0 Å². The van der Waals surface area contributed by atoms with Gasteiger partial charge in [-0.1, -0.05) is 13.8 Å². The average Bonchev–Trinajstić information content (AvgIpc) is 1.63. The minimum atomic E-state index is 0. The summed E-state index contributed by atoms with van der Waals surface area (Å²) >= 11 is 0. The second kappa shape index (κ2) is 1.84. The van der Waals surface area contributed by atoms with Crippen LogP contribution in [-0.2, 0) is 0 Å². The van der Waals surface area contributed by atoms with Crippen LogP contribution in [0.5, 0.6) is 0 Å². The van der Waals surface area contributed by atoms with Gasteiger partial charge >= 0.3 is 0 Å². The monoisotopic (exact) mass is 227 g/mol. The maximum atomic E-state index is 5.74. The standard InChI is InChI=1S/C6H13N.HI/c1-5(2)4-6(5,3)7;/h4,7H2,1-3H3;1H. The van der Waals surface area contributed by atoms with E-state index >= 15 is 0 Å². The molecule has 0 spiro atoms. The number of hydrogen-bond acceptors (Lipinski definition) is 1. The van der Waals surface area contributed by atoms with Crippen LogP contribution >= 0.6 is 24.0 Å². The molecule has 0 aromatic rings. The van der Waals surface area contributed by atoms with Crippen molar-refractivity contribution in [3.05, 3.63) is 0 Å². The van der Waals surface area contributed by atoms with Crippen molar-refractivity contribution >= 4 is 24.0 Å². The number of halogens is 1. The second-order valence-electron chi connectivity index (χ2n) is 3.48. The van der Waals surface area contributed by atoms with Gasteiger partial charge in [0.2, 0.25) is 0 Å². The molecule has 0 aliphatic heterocycles. The van der Waals surface area contributed by atoms with Crippen molar-refractivity contribution in [2.45, 2.75) is 32.7 Å². The lowest BCUT2D eigenvalue weighted by molar-refractivity contribution is 0.525. The highest BCUT2D eigenvalue weighted by Crippen LogP contribution is 2.52. The van der Waals surface area contributed by atoms with Crippen LogP contribution in [0.1, 0.15) is 27.2 Å². The van der Waals surface area contributed by atoms with Crippen LogP contribution in [0.4, 0.5) is 0 Å². The zero-order valence-electron chi connectivity index (χ0n) is 5.69. The predicted octanol–water partition coefficient (Wildman–Crippen LogP) is 1.75. The summed E-state index contributed by atoms with van der Waals surface area (Å²) in [7, 11) is 0. The van der Waals surface area contributed by atoms with Gasteiger partial charge in [-0.25, -0.2) is 0 Å². The van der Waals surface area contributed by atoms with E-state index < -0.39 is 0 Å². The van der Waals surface area contributed by atoms with E-state index in [0.717, 1.165) is 0 Å². The van der Waals surface area contributed by atoms with Crippen molar-refractivity contribution in [3.63, 3.8) is 0 Å². The molecule has 1 unspecified atom stereocenters. The highest BCUT2D eigenvalue weighted by molar-refractivity contribution is 14.0. The lowest BCUT2D eigenvalue weighted by Gasteiger charge is -2.04. The van der Waals surface area contributed by atoms with Gasteiger partial charge in [0.05, 0.1) is 0 Å². The van der Waals surface area contributed by atoms with Crippen LogP contribution in [0.2, 0.25) is 0 Å². The maximum Gasteiger partial charge on any atom is 0.0183 e. The van der Waals surface area contributed by atoms with E-state index in [1.807, 2.05) is 0 Å². The van der Waals surface area contributed by atoms with E-state index in [1.165, 1.54) is 6.42 Å². The third-order valence-corrected chi connectivity index (χ3v) is 2.23. The summed E-state index contributed by atoms with van der Waals surface area (Å²) in [6.45, 7) is 6.51. The smallest absolute Gasteiger partial charge is 0.0183 e.